The van der Waals surface area contributed by atoms with E-state index in [0.717, 1.165) is 17.3 Å². The third-order valence-electron chi connectivity index (χ3n) is 3.44. The van der Waals surface area contributed by atoms with E-state index in [0.29, 0.717) is 0 Å². The van der Waals surface area contributed by atoms with Gasteiger partial charge in [-0.1, -0.05) is 71.4 Å². The molecule has 0 bridgehead atoms. The Balaban J connectivity index is 2.32. The molecule has 0 aromatic heterocycles. The van der Waals surface area contributed by atoms with E-state index < -0.39 is 0 Å². The fourth-order valence-electron chi connectivity index (χ4n) is 2.18. The average Bonchev–Trinajstić information content (AvgIpc) is 2.42. The topological polar surface area (TPSA) is 26.0 Å². The monoisotopic (exact) mass is 303 g/mol. The molecule has 0 fully saturated rings. The molecular weight excluding hydrogens is 286 g/mol. The van der Waals surface area contributed by atoms with Crippen molar-refractivity contribution in [2.45, 2.75) is 25.3 Å². The molecule has 18 heavy (non-hydrogen) atoms. The van der Waals surface area contributed by atoms with Crippen molar-refractivity contribution in [2.24, 2.45) is 5.73 Å². The summed E-state index contributed by atoms with van der Waals surface area (Å²) in [5.74, 6) is 0. The number of hydrogen-bond acceptors (Lipinski definition) is 1. The Hall–Kier alpha value is -1.12. The van der Waals surface area contributed by atoms with E-state index in [4.69, 9.17) is 5.73 Å². The van der Waals surface area contributed by atoms with Crippen molar-refractivity contribution >= 4 is 15.9 Å². The quantitative estimate of drug-likeness (QED) is 0.897. The lowest BCUT2D eigenvalue weighted by atomic mass is 9.82. The highest BCUT2D eigenvalue weighted by atomic mass is 79.9. The molecule has 0 amide bonds. The first-order valence-corrected chi connectivity index (χ1v) is 7.03. The molecular formula is C16H18BrN. The minimum Gasteiger partial charge on any atom is -0.321 e. The van der Waals surface area contributed by atoms with Gasteiger partial charge >= 0.3 is 0 Å². The highest BCUT2D eigenvalue weighted by Gasteiger charge is 2.25. The predicted octanol–water partition coefficient (Wildman–Crippen LogP) is 4.26. The molecule has 94 valence electrons. The summed E-state index contributed by atoms with van der Waals surface area (Å²) in [6.45, 7) is 2.14. The van der Waals surface area contributed by atoms with Crippen molar-refractivity contribution in [1.29, 1.82) is 0 Å². The van der Waals surface area contributed by atoms with E-state index in [9.17, 15) is 0 Å². The molecule has 2 aromatic carbocycles. The molecule has 1 unspecified atom stereocenters. The highest BCUT2D eigenvalue weighted by molar-refractivity contribution is 9.10. The highest BCUT2D eigenvalue weighted by Crippen LogP contribution is 2.29. The fraction of sp³-hybridized carbons (Fsp3) is 0.250. The molecule has 2 N–H and O–H groups in total. The van der Waals surface area contributed by atoms with Crippen LogP contribution in [0.4, 0.5) is 0 Å². The number of nitrogens with two attached hydrogens (primary N) is 1. The summed E-state index contributed by atoms with van der Waals surface area (Å²) < 4.78 is 1.13. The van der Waals surface area contributed by atoms with Crippen LogP contribution in [0.2, 0.25) is 0 Å². The van der Waals surface area contributed by atoms with Crippen molar-refractivity contribution < 1.29 is 0 Å². The van der Waals surface area contributed by atoms with Gasteiger partial charge in [-0.05, 0) is 30.0 Å². The van der Waals surface area contributed by atoms with Crippen LogP contribution in [0.25, 0.3) is 0 Å². The van der Waals surface area contributed by atoms with E-state index in [1.54, 1.807) is 0 Å². The van der Waals surface area contributed by atoms with Crippen molar-refractivity contribution in [3.63, 3.8) is 0 Å². The normalized spacial score (nSPS) is 14.2. The standard InChI is InChI=1S/C16H18BrN/c1-2-16(18,14-9-4-3-5-10-14)12-13-8-6-7-11-15(13)17/h3-11H,2,12,18H2,1H3. The maximum Gasteiger partial charge on any atom is 0.0448 e. The second-order valence-corrected chi connectivity index (χ2v) is 5.50. The van der Waals surface area contributed by atoms with Crippen LogP contribution in [0, 0.1) is 0 Å². The molecule has 2 heteroatoms. The van der Waals surface area contributed by atoms with Crippen LogP contribution in [0.15, 0.2) is 59.1 Å². The third kappa shape index (κ3) is 2.82. The first-order valence-electron chi connectivity index (χ1n) is 6.23. The molecule has 1 atom stereocenters. The summed E-state index contributed by atoms with van der Waals surface area (Å²) in [4.78, 5) is 0. The molecule has 0 aliphatic heterocycles. The summed E-state index contributed by atoms with van der Waals surface area (Å²) >= 11 is 3.60. The first kappa shape index (κ1) is 13.3. The Morgan fingerprint density at radius 3 is 2.22 bits per heavy atom. The van der Waals surface area contributed by atoms with Crippen molar-refractivity contribution in [1.82, 2.24) is 0 Å². The Labute approximate surface area is 117 Å². The van der Waals surface area contributed by atoms with Gasteiger partial charge in [-0.3, -0.25) is 0 Å². The van der Waals surface area contributed by atoms with Crippen LogP contribution in [-0.4, -0.2) is 0 Å². The van der Waals surface area contributed by atoms with Crippen molar-refractivity contribution in [2.75, 3.05) is 0 Å². The Morgan fingerprint density at radius 2 is 1.61 bits per heavy atom. The SMILES string of the molecule is CCC(N)(Cc1ccccc1Br)c1ccccc1. The zero-order chi connectivity index (χ0) is 13.0. The molecule has 0 heterocycles. The molecule has 0 radical (unpaired) electrons. The van der Waals surface area contributed by atoms with Gasteiger partial charge in [-0.15, -0.1) is 0 Å². The van der Waals surface area contributed by atoms with Gasteiger partial charge in [-0.25, -0.2) is 0 Å². The van der Waals surface area contributed by atoms with E-state index in [2.05, 4.69) is 53.2 Å². The lowest BCUT2D eigenvalue weighted by Gasteiger charge is -2.29. The van der Waals surface area contributed by atoms with Gasteiger partial charge in [-0.2, -0.15) is 0 Å². The zero-order valence-electron chi connectivity index (χ0n) is 10.6. The van der Waals surface area contributed by atoms with Gasteiger partial charge < -0.3 is 5.73 Å². The summed E-state index contributed by atoms with van der Waals surface area (Å²) in [5.41, 5.74) is 8.75. The number of halogens is 1. The van der Waals surface area contributed by atoms with Crippen LogP contribution in [-0.2, 0) is 12.0 Å². The smallest absolute Gasteiger partial charge is 0.0448 e. The summed E-state index contributed by atoms with van der Waals surface area (Å²) in [7, 11) is 0. The Kier molecular flexibility index (Phi) is 4.20. The zero-order valence-corrected chi connectivity index (χ0v) is 12.2. The second kappa shape index (κ2) is 5.68. The third-order valence-corrected chi connectivity index (χ3v) is 4.22. The van der Waals surface area contributed by atoms with Gasteiger partial charge in [0.25, 0.3) is 0 Å². The van der Waals surface area contributed by atoms with Gasteiger partial charge in [0.05, 0.1) is 0 Å². The molecule has 0 saturated heterocycles. The van der Waals surface area contributed by atoms with Gasteiger partial charge in [0.2, 0.25) is 0 Å². The van der Waals surface area contributed by atoms with Crippen molar-refractivity contribution in [3.05, 3.63) is 70.2 Å². The fourth-order valence-corrected chi connectivity index (χ4v) is 2.61. The second-order valence-electron chi connectivity index (χ2n) is 4.64. The number of hydrogen-bond donors (Lipinski definition) is 1. The van der Waals surface area contributed by atoms with Crippen LogP contribution in [0.3, 0.4) is 0 Å². The average molecular weight is 304 g/mol. The van der Waals surface area contributed by atoms with Crippen LogP contribution < -0.4 is 5.73 Å². The van der Waals surface area contributed by atoms with Gasteiger partial charge in [0, 0.05) is 10.0 Å². The molecule has 0 spiro atoms. The predicted molar refractivity (Wildman–Crippen MR) is 80.4 cm³/mol. The Morgan fingerprint density at radius 1 is 1.00 bits per heavy atom. The first-order chi connectivity index (χ1) is 8.65. The number of benzene rings is 2. The van der Waals surface area contributed by atoms with E-state index in [1.165, 1.54) is 11.1 Å². The minimum atomic E-state index is -0.300. The van der Waals surface area contributed by atoms with E-state index >= 15 is 0 Å². The molecule has 2 aromatic rings. The lowest BCUT2D eigenvalue weighted by Crippen LogP contribution is -2.38. The van der Waals surface area contributed by atoms with Crippen LogP contribution in [0.1, 0.15) is 24.5 Å². The largest absolute Gasteiger partial charge is 0.321 e. The molecule has 0 aliphatic carbocycles. The minimum absolute atomic E-state index is 0.300. The molecule has 0 aliphatic rings. The number of rotatable bonds is 4. The summed E-state index contributed by atoms with van der Waals surface area (Å²) in [5, 5.41) is 0. The Bertz CT molecular complexity index is 510. The lowest BCUT2D eigenvalue weighted by molar-refractivity contribution is 0.424. The maximum atomic E-state index is 6.60. The van der Waals surface area contributed by atoms with Crippen LogP contribution in [0.5, 0.6) is 0 Å². The maximum absolute atomic E-state index is 6.60. The van der Waals surface area contributed by atoms with Gasteiger partial charge in [0.1, 0.15) is 0 Å². The van der Waals surface area contributed by atoms with E-state index in [-0.39, 0.29) is 5.54 Å². The summed E-state index contributed by atoms with van der Waals surface area (Å²) in [6, 6.07) is 18.6. The van der Waals surface area contributed by atoms with E-state index in [1.807, 2.05) is 24.3 Å². The molecule has 0 saturated carbocycles. The van der Waals surface area contributed by atoms with Crippen molar-refractivity contribution in [3.8, 4) is 0 Å². The summed E-state index contributed by atoms with van der Waals surface area (Å²) in [6.07, 6.45) is 1.76. The van der Waals surface area contributed by atoms with Gasteiger partial charge in [0.15, 0.2) is 0 Å². The van der Waals surface area contributed by atoms with Crippen LogP contribution >= 0.6 is 15.9 Å². The molecule has 2 rings (SSSR count). The molecule has 1 nitrogen and oxygen atoms in total.